The van der Waals surface area contributed by atoms with Gasteiger partial charge >= 0.3 is 0 Å². The standard InChI is InChI=1S/C13H18ClN3O.2ClH/c1-9(10-3-2-6-15-7-10)17-13(18)12-5-4-11(14)8-16-12;;/h4-5,8-10,15H,2-3,6-7H2,1H3,(H,17,18);2*1H. The maximum atomic E-state index is 12.0. The highest BCUT2D eigenvalue weighted by Gasteiger charge is 2.21. The first-order valence-corrected chi connectivity index (χ1v) is 6.68. The van der Waals surface area contributed by atoms with Gasteiger partial charge in [-0.2, -0.15) is 0 Å². The quantitative estimate of drug-likeness (QED) is 0.889. The fourth-order valence-electron chi connectivity index (χ4n) is 2.21. The van der Waals surface area contributed by atoms with Crippen LogP contribution < -0.4 is 10.6 Å². The van der Waals surface area contributed by atoms with E-state index < -0.39 is 0 Å². The molecule has 0 aromatic carbocycles. The Morgan fingerprint density at radius 3 is 2.80 bits per heavy atom. The second kappa shape index (κ2) is 9.40. The van der Waals surface area contributed by atoms with E-state index >= 15 is 0 Å². The van der Waals surface area contributed by atoms with Crippen molar-refractivity contribution in [3.05, 3.63) is 29.0 Å². The van der Waals surface area contributed by atoms with Gasteiger partial charge in [-0.3, -0.25) is 4.79 Å². The van der Waals surface area contributed by atoms with Crippen LogP contribution in [0.15, 0.2) is 18.3 Å². The fourth-order valence-corrected chi connectivity index (χ4v) is 2.33. The average Bonchev–Trinajstić information content (AvgIpc) is 2.40. The molecule has 0 spiro atoms. The van der Waals surface area contributed by atoms with Gasteiger partial charge in [0.15, 0.2) is 0 Å². The molecule has 2 unspecified atom stereocenters. The highest BCUT2D eigenvalue weighted by Crippen LogP contribution is 2.14. The number of nitrogens with one attached hydrogen (secondary N) is 2. The molecule has 1 saturated heterocycles. The minimum atomic E-state index is -0.134. The number of pyridine rings is 1. The molecule has 1 aliphatic heterocycles. The van der Waals surface area contributed by atoms with Crippen LogP contribution in [0.25, 0.3) is 0 Å². The van der Waals surface area contributed by atoms with E-state index in [1.165, 1.54) is 12.6 Å². The minimum Gasteiger partial charge on any atom is -0.348 e. The summed E-state index contributed by atoms with van der Waals surface area (Å²) in [4.78, 5) is 16.0. The number of hydrogen-bond donors (Lipinski definition) is 2. The van der Waals surface area contributed by atoms with Gasteiger partial charge in [0.25, 0.3) is 5.91 Å². The Balaban J connectivity index is 0.00000180. The summed E-state index contributed by atoms with van der Waals surface area (Å²) in [5.41, 5.74) is 0.412. The number of aromatic nitrogens is 1. The van der Waals surface area contributed by atoms with Crippen molar-refractivity contribution < 1.29 is 4.79 Å². The van der Waals surface area contributed by atoms with E-state index in [1.54, 1.807) is 12.1 Å². The van der Waals surface area contributed by atoms with Crippen LogP contribution in [0.4, 0.5) is 0 Å². The molecule has 1 fully saturated rings. The molecule has 0 bridgehead atoms. The maximum absolute atomic E-state index is 12.0. The first-order valence-electron chi connectivity index (χ1n) is 6.30. The molecule has 0 radical (unpaired) electrons. The average molecular weight is 341 g/mol. The largest absolute Gasteiger partial charge is 0.348 e. The number of nitrogens with zero attached hydrogens (tertiary/aromatic N) is 1. The molecule has 20 heavy (non-hydrogen) atoms. The number of rotatable bonds is 3. The molecule has 114 valence electrons. The van der Waals surface area contributed by atoms with Crippen molar-refractivity contribution in [2.24, 2.45) is 5.92 Å². The van der Waals surface area contributed by atoms with E-state index in [0.29, 0.717) is 16.6 Å². The lowest BCUT2D eigenvalue weighted by molar-refractivity contribution is 0.0917. The van der Waals surface area contributed by atoms with Gasteiger partial charge < -0.3 is 10.6 Å². The Morgan fingerprint density at radius 1 is 1.50 bits per heavy atom. The summed E-state index contributed by atoms with van der Waals surface area (Å²) in [7, 11) is 0. The summed E-state index contributed by atoms with van der Waals surface area (Å²) >= 11 is 5.74. The Labute approximate surface area is 136 Å². The molecule has 0 aliphatic carbocycles. The third kappa shape index (κ3) is 5.44. The Kier molecular flexibility index (Phi) is 9.14. The third-order valence-corrected chi connectivity index (χ3v) is 3.58. The van der Waals surface area contributed by atoms with Crippen molar-refractivity contribution in [1.82, 2.24) is 15.6 Å². The Bertz CT molecular complexity index is 408. The third-order valence-electron chi connectivity index (χ3n) is 3.36. The van der Waals surface area contributed by atoms with Gasteiger partial charge in [-0.15, -0.1) is 24.8 Å². The van der Waals surface area contributed by atoms with Crippen LogP contribution in [-0.2, 0) is 0 Å². The van der Waals surface area contributed by atoms with E-state index in [9.17, 15) is 4.79 Å². The molecule has 1 aromatic heterocycles. The monoisotopic (exact) mass is 339 g/mol. The van der Waals surface area contributed by atoms with Crippen LogP contribution in [-0.4, -0.2) is 30.0 Å². The van der Waals surface area contributed by atoms with Crippen LogP contribution in [0.3, 0.4) is 0 Å². The van der Waals surface area contributed by atoms with Gasteiger partial charge in [-0.05, 0) is 50.9 Å². The predicted molar refractivity (Wildman–Crippen MR) is 86.3 cm³/mol. The zero-order valence-electron chi connectivity index (χ0n) is 11.3. The Hall–Kier alpha value is -0.550. The normalized spacial score (nSPS) is 19.2. The summed E-state index contributed by atoms with van der Waals surface area (Å²) in [6, 6.07) is 3.47. The lowest BCUT2D eigenvalue weighted by Crippen LogP contribution is -2.44. The molecule has 2 atom stereocenters. The van der Waals surface area contributed by atoms with Crippen LogP contribution in [0.5, 0.6) is 0 Å². The van der Waals surface area contributed by atoms with Gasteiger partial charge in [0.2, 0.25) is 0 Å². The summed E-state index contributed by atoms with van der Waals surface area (Å²) in [5, 5.41) is 6.89. The van der Waals surface area contributed by atoms with Gasteiger partial charge in [-0.25, -0.2) is 4.98 Å². The molecular formula is C13H20Cl3N3O. The maximum Gasteiger partial charge on any atom is 0.270 e. The second-order valence-electron chi connectivity index (χ2n) is 4.73. The zero-order valence-corrected chi connectivity index (χ0v) is 13.7. The molecule has 0 saturated carbocycles. The van der Waals surface area contributed by atoms with Gasteiger partial charge in [-0.1, -0.05) is 11.6 Å². The van der Waals surface area contributed by atoms with Gasteiger partial charge in [0.05, 0.1) is 5.02 Å². The lowest BCUT2D eigenvalue weighted by atomic mass is 9.93. The molecule has 2 N–H and O–H groups in total. The second-order valence-corrected chi connectivity index (χ2v) is 5.17. The number of piperidine rings is 1. The van der Waals surface area contributed by atoms with Crippen molar-refractivity contribution in [2.45, 2.75) is 25.8 Å². The topological polar surface area (TPSA) is 54.0 Å². The van der Waals surface area contributed by atoms with Crippen LogP contribution in [0.1, 0.15) is 30.3 Å². The summed E-state index contributed by atoms with van der Waals surface area (Å²) in [5.74, 6) is 0.361. The summed E-state index contributed by atoms with van der Waals surface area (Å²) in [6.07, 6.45) is 3.82. The Morgan fingerprint density at radius 2 is 2.25 bits per heavy atom. The molecule has 2 rings (SSSR count). The number of hydrogen-bond acceptors (Lipinski definition) is 3. The van der Waals surface area contributed by atoms with Crippen molar-refractivity contribution >= 4 is 42.3 Å². The number of amides is 1. The van der Waals surface area contributed by atoms with E-state index in [1.807, 2.05) is 6.92 Å². The van der Waals surface area contributed by atoms with Crippen LogP contribution >= 0.6 is 36.4 Å². The first-order chi connectivity index (χ1) is 8.66. The lowest BCUT2D eigenvalue weighted by Gasteiger charge is -2.28. The van der Waals surface area contributed by atoms with Crippen LogP contribution in [0, 0.1) is 5.92 Å². The van der Waals surface area contributed by atoms with Crippen molar-refractivity contribution in [3.63, 3.8) is 0 Å². The molecule has 2 heterocycles. The first kappa shape index (κ1) is 19.4. The fraction of sp³-hybridized carbons (Fsp3) is 0.538. The van der Waals surface area contributed by atoms with Crippen molar-refractivity contribution in [2.75, 3.05) is 13.1 Å². The van der Waals surface area contributed by atoms with Gasteiger partial charge in [0.1, 0.15) is 5.69 Å². The highest BCUT2D eigenvalue weighted by atomic mass is 35.5. The van der Waals surface area contributed by atoms with Gasteiger partial charge in [0, 0.05) is 12.2 Å². The molecular weight excluding hydrogens is 321 g/mol. The van der Waals surface area contributed by atoms with Crippen molar-refractivity contribution in [3.8, 4) is 0 Å². The van der Waals surface area contributed by atoms with Crippen molar-refractivity contribution in [1.29, 1.82) is 0 Å². The smallest absolute Gasteiger partial charge is 0.270 e. The molecule has 1 amide bonds. The number of carbonyl (C=O) groups is 1. The van der Waals surface area contributed by atoms with E-state index in [-0.39, 0.29) is 36.8 Å². The summed E-state index contributed by atoms with van der Waals surface area (Å²) in [6.45, 7) is 4.09. The zero-order chi connectivity index (χ0) is 13.0. The molecule has 4 nitrogen and oxygen atoms in total. The summed E-state index contributed by atoms with van der Waals surface area (Å²) < 4.78 is 0. The van der Waals surface area contributed by atoms with E-state index in [2.05, 4.69) is 15.6 Å². The predicted octanol–water partition coefficient (Wildman–Crippen LogP) is 2.70. The van der Waals surface area contributed by atoms with E-state index in [0.717, 1.165) is 19.5 Å². The molecule has 1 aromatic rings. The molecule has 1 aliphatic rings. The highest BCUT2D eigenvalue weighted by molar-refractivity contribution is 6.30. The molecule has 7 heteroatoms. The number of halogens is 3. The van der Waals surface area contributed by atoms with Crippen LogP contribution in [0.2, 0.25) is 5.02 Å². The van der Waals surface area contributed by atoms with E-state index in [4.69, 9.17) is 11.6 Å². The SMILES string of the molecule is CC(NC(=O)c1ccc(Cl)cn1)C1CCCNC1.Cl.Cl. The minimum absolute atomic E-state index is 0. The number of carbonyl (C=O) groups excluding carboxylic acids is 1.